The molecule has 0 spiro atoms. The third-order valence-corrected chi connectivity index (χ3v) is 4.07. The predicted octanol–water partition coefficient (Wildman–Crippen LogP) is 2.77. The Morgan fingerprint density at radius 2 is 1.88 bits per heavy atom. The van der Waals surface area contributed by atoms with Gasteiger partial charge in [-0.3, -0.25) is 9.09 Å². The normalized spacial score (nSPS) is 16.6. The van der Waals surface area contributed by atoms with Crippen molar-refractivity contribution in [3.05, 3.63) is 0 Å². The highest BCUT2D eigenvalue weighted by Crippen LogP contribution is 2.53. The van der Waals surface area contributed by atoms with Gasteiger partial charge in [0.15, 0.2) is 0 Å². The Labute approximate surface area is 95.7 Å². The zero-order valence-corrected chi connectivity index (χ0v) is 11.2. The van der Waals surface area contributed by atoms with Gasteiger partial charge in [-0.15, -0.1) is 0 Å². The number of hydrogen-bond donors (Lipinski definition) is 0. The largest absolute Gasteiger partial charge is 0.510 e. The summed E-state index contributed by atoms with van der Waals surface area (Å²) in [6.45, 7) is 6.70. The lowest BCUT2D eigenvalue weighted by Gasteiger charge is -2.23. The van der Waals surface area contributed by atoms with Crippen molar-refractivity contribution in [3.63, 3.8) is 0 Å². The van der Waals surface area contributed by atoms with E-state index in [-0.39, 0.29) is 12.3 Å². The molecule has 2 atom stereocenters. The fourth-order valence-electron chi connectivity index (χ4n) is 0.891. The molecule has 0 saturated heterocycles. The van der Waals surface area contributed by atoms with E-state index >= 15 is 0 Å². The van der Waals surface area contributed by atoms with Crippen LogP contribution in [0.25, 0.3) is 0 Å². The molecule has 0 aromatic rings. The molecular formula is C9H19O6P. The monoisotopic (exact) mass is 254 g/mol. The van der Waals surface area contributed by atoms with Gasteiger partial charge in [0.1, 0.15) is 0 Å². The van der Waals surface area contributed by atoms with E-state index < -0.39 is 20.0 Å². The smallest absolute Gasteiger partial charge is 0.435 e. The van der Waals surface area contributed by atoms with Crippen molar-refractivity contribution in [2.75, 3.05) is 13.7 Å². The van der Waals surface area contributed by atoms with Crippen molar-refractivity contribution in [2.45, 2.75) is 39.6 Å². The summed E-state index contributed by atoms with van der Waals surface area (Å²) in [4.78, 5) is 10.9. The van der Waals surface area contributed by atoms with Crippen LogP contribution >= 0.6 is 7.60 Å². The van der Waals surface area contributed by atoms with Gasteiger partial charge >= 0.3 is 13.8 Å². The van der Waals surface area contributed by atoms with Crippen LogP contribution in [0.4, 0.5) is 4.79 Å². The standard InChI is InChI=1S/C9H19O6P/c1-6-13-9(10)14-8(4)15-16(11,12-5)7(2)3/h7-8H,6H2,1-5H3. The number of ether oxygens (including phenoxy) is 2. The van der Waals surface area contributed by atoms with Crippen LogP contribution in [0.2, 0.25) is 0 Å². The molecule has 0 aliphatic heterocycles. The van der Waals surface area contributed by atoms with Gasteiger partial charge < -0.3 is 14.0 Å². The molecular weight excluding hydrogens is 235 g/mol. The Morgan fingerprint density at radius 3 is 2.25 bits per heavy atom. The molecule has 0 aromatic carbocycles. The van der Waals surface area contributed by atoms with Crippen LogP contribution in [0.3, 0.4) is 0 Å². The molecule has 6 nitrogen and oxygen atoms in total. The average Bonchev–Trinajstić information content (AvgIpc) is 2.17. The lowest BCUT2D eigenvalue weighted by molar-refractivity contribution is -0.0577. The molecule has 7 heteroatoms. The number of hydrogen-bond acceptors (Lipinski definition) is 6. The van der Waals surface area contributed by atoms with Gasteiger partial charge in [-0.05, 0) is 13.8 Å². The van der Waals surface area contributed by atoms with Gasteiger partial charge in [0.25, 0.3) is 0 Å². The minimum absolute atomic E-state index is 0.206. The molecule has 96 valence electrons. The number of carbonyl (C=O) groups excluding carboxylic acids is 1. The molecule has 16 heavy (non-hydrogen) atoms. The second-order valence-corrected chi connectivity index (χ2v) is 5.98. The maximum Gasteiger partial charge on any atom is 0.510 e. The fourth-order valence-corrected chi connectivity index (χ4v) is 2.10. The molecule has 0 heterocycles. The Balaban J connectivity index is 4.27. The first-order valence-corrected chi connectivity index (χ1v) is 6.64. The summed E-state index contributed by atoms with van der Waals surface area (Å²) in [5, 5.41) is 0. The van der Waals surface area contributed by atoms with Crippen LogP contribution in [0.15, 0.2) is 0 Å². The van der Waals surface area contributed by atoms with Gasteiger partial charge in [0.05, 0.1) is 12.3 Å². The Kier molecular flexibility index (Phi) is 6.64. The number of rotatable bonds is 6. The lowest BCUT2D eigenvalue weighted by Crippen LogP contribution is -2.20. The highest BCUT2D eigenvalue weighted by atomic mass is 31.2. The Hall–Kier alpha value is -0.580. The Bertz CT molecular complexity index is 265. The quantitative estimate of drug-likeness (QED) is 0.412. The first-order valence-electron chi connectivity index (χ1n) is 5.03. The minimum Gasteiger partial charge on any atom is -0.435 e. The van der Waals surface area contributed by atoms with E-state index in [9.17, 15) is 9.36 Å². The molecule has 0 radical (unpaired) electrons. The predicted molar refractivity (Wildman–Crippen MR) is 58.4 cm³/mol. The molecule has 2 unspecified atom stereocenters. The van der Waals surface area contributed by atoms with E-state index in [0.717, 1.165) is 0 Å². The summed E-state index contributed by atoms with van der Waals surface area (Å²) in [6.07, 6.45) is -1.84. The van der Waals surface area contributed by atoms with Crippen LogP contribution in [0, 0.1) is 0 Å². The van der Waals surface area contributed by atoms with Crippen molar-refractivity contribution < 1.29 is 27.9 Å². The first-order chi connectivity index (χ1) is 7.35. The second-order valence-electron chi connectivity index (χ2n) is 3.29. The van der Waals surface area contributed by atoms with Crippen molar-refractivity contribution in [3.8, 4) is 0 Å². The molecule has 0 aliphatic rings. The van der Waals surface area contributed by atoms with Crippen LogP contribution in [-0.2, 0) is 23.1 Å². The molecule has 0 aromatic heterocycles. The van der Waals surface area contributed by atoms with Gasteiger partial charge in [-0.1, -0.05) is 13.8 Å². The topological polar surface area (TPSA) is 71.1 Å². The number of carbonyl (C=O) groups is 1. The summed E-state index contributed by atoms with van der Waals surface area (Å²) in [6, 6.07) is 0. The van der Waals surface area contributed by atoms with Gasteiger partial charge in [-0.2, -0.15) is 0 Å². The molecule has 0 N–H and O–H groups in total. The van der Waals surface area contributed by atoms with Crippen molar-refractivity contribution >= 4 is 13.8 Å². The summed E-state index contributed by atoms with van der Waals surface area (Å²) < 4.78 is 31.1. The third-order valence-electron chi connectivity index (χ3n) is 1.71. The van der Waals surface area contributed by atoms with Crippen LogP contribution < -0.4 is 0 Å². The van der Waals surface area contributed by atoms with Gasteiger partial charge in [0, 0.05) is 7.11 Å². The van der Waals surface area contributed by atoms with E-state index in [4.69, 9.17) is 13.8 Å². The fraction of sp³-hybridized carbons (Fsp3) is 0.889. The molecule has 0 rings (SSSR count). The molecule has 0 fully saturated rings. The van der Waals surface area contributed by atoms with E-state index in [1.165, 1.54) is 14.0 Å². The van der Waals surface area contributed by atoms with E-state index in [1.807, 2.05) is 0 Å². The minimum atomic E-state index is -3.24. The third kappa shape index (κ3) is 4.96. The van der Waals surface area contributed by atoms with E-state index in [2.05, 4.69) is 4.74 Å². The van der Waals surface area contributed by atoms with E-state index in [0.29, 0.717) is 0 Å². The zero-order valence-electron chi connectivity index (χ0n) is 10.3. The molecule has 0 amide bonds. The van der Waals surface area contributed by atoms with Crippen molar-refractivity contribution in [2.24, 2.45) is 0 Å². The summed E-state index contributed by atoms with van der Waals surface area (Å²) in [5.41, 5.74) is -0.314. The lowest BCUT2D eigenvalue weighted by atomic mass is 10.6. The maximum atomic E-state index is 12.0. The van der Waals surface area contributed by atoms with Crippen LogP contribution in [-0.4, -0.2) is 31.8 Å². The molecule has 0 bridgehead atoms. The summed E-state index contributed by atoms with van der Waals surface area (Å²) >= 11 is 0. The zero-order chi connectivity index (χ0) is 12.8. The Morgan fingerprint density at radius 1 is 1.31 bits per heavy atom. The summed E-state index contributed by atoms with van der Waals surface area (Å²) in [5.74, 6) is 0. The van der Waals surface area contributed by atoms with Crippen molar-refractivity contribution in [1.82, 2.24) is 0 Å². The highest BCUT2D eigenvalue weighted by Gasteiger charge is 2.31. The summed E-state index contributed by atoms with van der Waals surface area (Å²) in [7, 11) is -1.95. The average molecular weight is 254 g/mol. The van der Waals surface area contributed by atoms with Crippen LogP contribution in [0.1, 0.15) is 27.7 Å². The van der Waals surface area contributed by atoms with Gasteiger partial charge in [-0.25, -0.2) is 4.79 Å². The van der Waals surface area contributed by atoms with E-state index in [1.54, 1.807) is 20.8 Å². The maximum absolute atomic E-state index is 12.0. The first kappa shape index (κ1) is 15.4. The second kappa shape index (κ2) is 6.89. The highest BCUT2D eigenvalue weighted by molar-refractivity contribution is 7.54. The van der Waals surface area contributed by atoms with Crippen molar-refractivity contribution in [1.29, 1.82) is 0 Å². The SMILES string of the molecule is CCOC(=O)OC(C)OP(=O)(OC)C(C)C. The van der Waals surface area contributed by atoms with Crippen LogP contribution in [0.5, 0.6) is 0 Å². The van der Waals surface area contributed by atoms with Gasteiger partial charge in [0.2, 0.25) is 6.29 Å². The molecule has 0 saturated carbocycles. The molecule has 0 aliphatic carbocycles.